The Balaban J connectivity index is 2.78. The van der Waals surface area contributed by atoms with Gasteiger partial charge >= 0.3 is 6.03 Å². The Morgan fingerprint density at radius 2 is 2.00 bits per heavy atom. The predicted octanol–water partition coefficient (Wildman–Crippen LogP) is 3.51. The summed E-state index contributed by atoms with van der Waals surface area (Å²) < 4.78 is 13.9. The summed E-state index contributed by atoms with van der Waals surface area (Å²) in [5, 5.41) is 5.15. The van der Waals surface area contributed by atoms with Gasteiger partial charge in [0.1, 0.15) is 5.82 Å². The molecule has 0 atom stereocenters. The van der Waals surface area contributed by atoms with Crippen molar-refractivity contribution in [3.8, 4) is 0 Å². The van der Waals surface area contributed by atoms with Crippen LogP contribution in [0.3, 0.4) is 0 Å². The molecule has 1 rings (SSSR count). The van der Waals surface area contributed by atoms with Crippen LogP contribution in [0.2, 0.25) is 0 Å². The highest BCUT2D eigenvalue weighted by Gasteiger charge is 2.15. The monoisotopic (exact) mass is 288 g/mol. The van der Waals surface area contributed by atoms with Crippen LogP contribution in [0.4, 0.5) is 14.9 Å². The number of amides is 2. The Labute approximate surface area is 103 Å². The maximum Gasteiger partial charge on any atom is 0.319 e. The minimum atomic E-state index is -0.474. The molecule has 1 aromatic rings. The first-order valence-corrected chi connectivity index (χ1v) is 5.62. The van der Waals surface area contributed by atoms with Gasteiger partial charge in [-0.05, 0) is 48.8 Å². The number of rotatable bonds is 1. The van der Waals surface area contributed by atoms with Crippen molar-refractivity contribution < 1.29 is 9.18 Å². The van der Waals surface area contributed by atoms with E-state index in [1.54, 1.807) is 12.1 Å². The van der Waals surface area contributed by atoms with Crippen LogP contribution in [0, 0.1) is 5.82 Å². The van der Waals surface area contributed by atoms with E-state index in [4.69, 9.17) is 0 Å². The van der Waals surface area contributed by atoms with Crippen LogP contribution in [0.25, 0.3) is 0 Å². The lowest BCUT2D eigenvalue weighted by Gasteiger charge is -2.21. The number of carbonyl (C=O) groups is 1. The average molecular weight is 289 g/mol. The number of hydrogen-bond donors (Lipinski definition) is 2. The summed E-state index contributed by atoms with van der Waals surface area (Å²) in [4.78, 5) is 11.5. The largest absolute Gasteiger partial charge is 0.333 e. The maximum atomic E-state index is 13.4. The number of halogens is 2. The third-order valence-corrected chi connectivity index (χ3v) is 2.35. The van der Waals surface area contributed by atoms with Gasteiger partial charge in [0, 0.05) is 10.0 Å². The standard InChI is InChI=1S/C11H14BrFN2O/c1-11(2,3)15-10(16)14-9-7(12)5-4-6-8(9)13/h4-6H,1-3H3,(H2,14,15,16). The molecule has 0 aliphatic carbocycles. The molecule has 1 aromatic carbocycles. The minimum absolute atomic E-state index is 0.143. The summed E-state index contributed by atoms with van der Waals surface area (Å²) in [6.07, 6.45) is 0. The van der Waals surface area contributed by atoms with Crippen LogP contribution in [0.1, 0.15) is 20.8 Å². The van der Waals surface area contributed by atoms with Gasteiger partial charge in [-0.15, -0.1) is 0 Å². The van der Waals surface area contributed by atoms with Crippen LogP contribution >= 0.6 is 15.9 Å². The van der Waals surface area contributed by atoms with Crippen molar-refractivity contribution in [2.75, 3.05) is 5.32 Å². The summed E-state index contributed by atoms with van der Waals surface area (Å²) in [7, 11) is 0. The molecule has 0 saturated heterocycles. The van der Waals surface area contributed by atoms with E-state index in [1.165, 1.54) is 6.07 Å². The van der Waals surface area contributed by atoms with Crippen LogP contribution < -0.4 is 10.6 Å². The van der Waals surface area contributed by atoms with E-state index in [0.29, 0.717) is 4.47 Å². The first-order valence-electron chi connectivity index (χ1n) is 4.83. The fourth-order valence-electron chi connectivity index (χ4n) is 1.10. The highest BCUT2D eigenvalue weighted by molar-refractivity contribution is 9.10. The molecule has 88 valence electrons. The molecule has 2 amide bonds. The van der Waals surface area contributed by atoms with Gasteiger partial charge in [0.05, 0.1) is 5.69 Å². The molecule has 2 N–H and O–H groups in total. The number of benzene rings is 1. The quantitative estimate of drug-likeness (QED) is 0.816. The zero-order chi connectivity index (χ0) is 12.3. The van der Waals surface area contributed by atoms with Crippen molar-refractivity contribution >= 4 is 27.6 Å². The van der Waals surface area contributed by atoms with E-state index in [9.17, 15) is 9.18 Å². The Bertz CT molecular complexity index is 381. The van der Waals surface area contributed by atoms with Gasteiger partial charge in [0.2, 0.25) is 0 Å². The number of para-hydroxylation sites is 1. The maximum absolute atomic E-state index is 13.4. The smallest absolute Gasteiger partial charge is 0.319 e. The first kappa shape index (κ1) is 13.0. The van der Waals surface area contributed by atoms with Crippen molar-refractivity contribution in [3.05, 3.63) is 28.5 Å². The van der Waals surface area contributed by atoms with Gasteiger partial charge < -0.3 is 10.6 Å². The summed E-state index contributed by atoms with van der Waals surface area (Å²) in [6.45, 7) is 5.55. The molecule has 5 heteroatoms. The van der Waals surface area contributed by atoms with Gasteiger partial charge in [0.25, 0.3) is 0 Å². The SMILES string of the molecule is CC(C)(C)NC(=O)Nc1c(F)cccc1Br. The molecule has 3 nitrogen and oxygen atoms in total. The molecule has 0 fully saturated rings. The van der Waals surface area contributed by atoms with Gasteiger partial charge in [-0.1, -0.05) is 6.07 Å². The molecule has 0 heterocycles. The lowest BCUT2D eigenvalue weighted by molar-refractivity contribution is 0.243. The third kappa shape index (κ3) is 3.81. The van der Waals surface area contributed by atoms with Crippen LogP contribution in [0.5, 0.6) is 0 Å². The molecule has 0 radical (unpaired) electrons. The Hall–Kier alpha value is -1.10. The zero-order valence-corrected chi connectivity index (χ0v) is 11.0. The number of nitrogens with one attached hydrogen (secondary N) is 2. The molecule has 0 spiro atoms. The normalized spacial score (nSPS) is 11.1. The Kier molecular flexibility index (Phi) is 3.91. The molecule has 16 heavy (non-hydrogen) atoms. The second-order valence-electron chi connectivity index (χ2n) is 4.43. The number of hydrogen-bond acceptors (Lipinski definition) is 1. The predicted molar refractivity (Wildman–Crippen MR) is 66.0 cm³/mol. The third-order valence-electron chi connectivity index (χ3n) is 1.69. The fourth-order valence-corrected chi connectivity index (χ4v) is 1.54. The van der Waals surface area contributed by atoms with Crippen LogP contribution in [-0.2, 0) is 0 Å². The molecule has 0 aliphatic rings. The van der Waals surface area contributed by atoms with Crippen molar-refractivity contribution in [2.24, 2.45) is 0 Å². The summed E-state index contributed by atoms with van der Waals surface area (Å²) in [5.74, 6) is -0.474. The molecule has 0 aliphatic heterocycles. The molecular formula is C11H14BrFN2O. The van der Waals surface area contributed by atoms with E-state index in [-0.39, 0.29) is 11.2 Å². The van der Waals surface area contributed by atoms with Gasteiger partial charge in [0.15, 0.2) is 0 Å². The van der Waals surface area contributed by atoms with E-state index >= 15 is 0 Å². The lowest BCUT2D eigenvalue weighted by Crippen LogP contribution is -2.43. The molecule has 0 aromatic heterocycles. The van der Waals surface area contributed by atoms with E-state index < -0.39 is 11.8 Å². The topological polar surface area (TPSA) is 41.1 Å². The summed E-state index contributed by atoms with van der Waals surface area (Å²) >= 11 is 3.17. The van der Waals surface area contributed by atoms with E-state index in [2.05, 4.69) is 26.6 Å². The van der Waals surface area contributed by atoms with Crippen molar-refractivity contribution in [3.63, 3.8) is 0 Å². The summed E-state index contributed by atoms with van der Waals surface area (Å²) in [5.41, 5.74) is -0.216. The fraction of sp³-hybridized carbons (Fsp3) is 0.364. The molecule has 0 saturated carbocycles. The minimum Gasteiger partial charge on any atom is -0.333 e. The van der Waals surface area contributed by atoms with Gasteiger partial charge in [-0.2, -0.15) is 0 Å². The van der Waals surface area contributed by atoms with Crippen molar-refractivity contribution in [2.45, 2.75) is 26.3 Å². The highest BCUT2D eigenvalue weighted by Crippen LogP contribution is 2.24. The lowest BCUT2D eigenvalue weighted by atomic mass is 10.1. The molecule has 0 bridgehead atoms. The Morgan fingerprint density at radius 3 is 2.50 bits per heavy atom. The second-order valence-corrected chi connectivity index (χ2v) is 5.28. The number of anilines is 1. The first-order chi connectivity index (χ1) is 7.29. The van der Waals surface area contributed by atoms with Gasteiger partial charge in [-0.3, -0.25) is 0 Å². The highest BCUT2D eigenvalue weighted by atomic mass is 79.9. The van der Waals surface area contributed by atoms with Gasteiger partial charge in [-0.25, -0.2) is 9.18 Å². The van der Waals surface area contributed by atoms with Crippen molar-refractivity contribution in [1.82, 2.24) is 5.32 Å². The Morgan fingerprint density at radius 1 is 1.38 bits per heavy atom. The van der Waals surface area contributed by atoms with E-state index in [0.717, 1.165) is 0 Å². The molecule has 0 unspecified atom stereocenters. The average Bonchev–Trinajstić information content (AvgIpc) is 2.08. The second kappa shape index (κ2) is 4.82. The van der Waals surface area contributed by atoms with Crippen molar-refractivity contribution in [1.29, 1.82) is 0 Å². The van der Waals surface area contributed by atoms with Crippen LogP contribution in [0.15, 0.2) is 22.7 Å². The zero-order valence-electron chi connectivity index (χ0n) is 9.40. The molecular weight excluding hydrogens is 275 g/mol. The number of carbonyl (C=O) groups excluding carboxylic acids is 1. The number of urea groups is 1. The van der Waals surface area contributed by atoms with E-state index in [1.807, 2.05) is 20.8 Å². The summed E-state index contributed by atoms with van der Waals surface area (Å²) in [6, 6.07) is 4.08. The van der Waals surface area contributed by atoms with Crippen LogP contribution in [-0.4, -0.2) is 11.6 Å².